The normalized spacial score (nSPS) is 10.0. The van der Waals surface area contributed by atoms with Gasteiger partial charge in [0, 0.05) is 6.42 Å². The van der Waals surface area contributed by atoms with E-state index in [0.29, 0.717) is 23.6 Å². The molecule has 114 valence electrons. The molecule has 5 heteroatoms. The molecule has 0 aromatic heterocycles. The van der Waals surface area contributed by atoms with Crippen LogP contribution in [-0.2, 0) is 11.2 Å². The van der Waals surface area contributed by atoms with Gasteiger partial charge in [0.25, 0.3) is 0 Å². The molecule has 0 aliphatic carbocycles. The SMILES string of the molecule is NC(=S)Cc1ccc(C(=O)OCCOc2ccccc2)cc1. The first-order chi connectivity index (χ1) is 10.6. The van der Waals surface area contributed by atoms with E-state index in [0.717, 1.165) is 11.3 Å². The maximum Gasteiger partial charge on any atom is 0.338 e. The molecule has 0 heterocycles. The van der Waals surface area contributed by atoms with Crippen molar-refractivity contribution < 1.29 is 14.3 Å². The van der Waals surface area contributed by atoms with Crippen LogP contribution in [0.4, 0.5) is 0 Å². The first-order valence-corrected chi connectivity index (χ1v) is 7.28. The highest BCUT2D eigenvalue weighted by Gasteiger charge is 2.07. The zero-order valence-electron chi connectivity index (χ0n) is 12.0. The van der Waals surface area contributed by atoms with Crippen LogP contribution >= 0.6 is 12.2 Å². The van der Waals surface area contributed by atoms with E-state index in [2.05, 4.69) is 0 Å². The number of nitrogens with two attached hydrogens (primary N) is 1. The lowest BCUT2D eigenvalue weighted by Crippen LogP contribution is -2.13. The van der Waals surface area contributed by atoms with E-state index in [9.17, 15) is 4.79 Å². The van der Waals surface area contributed by atoms with E-state index in [4.69, 9.17) is 27.4 Å². The maximum atomic E-state index is 11.9. The quantitative estimate of drug-likeness (QED) is 0.483. The molecule has 2 aromatic carbocycles. The third-order valence-corrected chi connectivity index (χ3v) is 3.04. The van der Waals surface area contributed by atoms with Gasteiger partial charge < -0.3 is 15.2 Å². The molecule has 2 N–H and O–H groups in total. The number of para-hydroxylation sites is 1. The molecule has 0 saturated heterocycles. The fourth-order valence-corrected chi connectivity index (χ4v) is 2.02. The molecule has 4 nitrogen and oxygen atoms in total. The number of hydrogen-bond acceptors (Lipinski definition) is 4. The van der Waals surface area contributed by atoms with Gasteiger partial charge in [-0.1, -0.05) is 42.5 Å². The van der Waals surface area contributed by atoms with Gasteiger partial charge in [-0.2, -0.15) is 0 Å². The monoisotopic (exact) mass is 315 g/mol. The standard InChI is InChI=1S/C17H17NO3S/c18-16(22)12-13-6-8-14(9-7-13)17(19)21-11-10-20-15-4-2-1-3-5-15/h1-9H,10-12H2,(H2,18,22). The molecule has 2 aromatic rings. The van der Waals surface area contributed by atoms with Crippen molar-refractivity contribution in [2.45, 2.75) is 6.42 Å². The van der Waals surface area contributed by atoms with Crippen molar-refractivity contribution in [3.63, 3.8) is 0 Å². The summed E-state index contributed by atoms with van der Waals surface area (Å²) in [5, 5.41) is 0. The molecule has 0 aliphatic rings. The molecule has 0 fully saturated rings. The molecule has 0 bridgehead atoms. The van der Waals surface area contributed by atoms with Crippen LogP contribution in [0, 0.1) is 0 Å². The van der Waals surface area contributed by atoms with Gasteiger partial charge in [-0.05, 0) is 29.8 Å². The summed E-state index contributed by atoms with van der Waals surface area (Å²) in [4.78, 5) is 12.3. The Labute approximate surface area is 134 Å². The smallest absolute Gasteiger partial charge is 0.338 e. The Morgan fingerprint density at radius 3 is 2.32 bits per heavy atom. The Kier molecular flexibility index (Phi) is 5.91. The number of esters is 1. The first-order valence-electron chi connectivity index (χ1n) is 6.87. The summed E-state index contributed by atoms with van der Waals surface area (Å²) in [7, 11) is 0. The van der Waals surface area contributed by atoms with E-state index in [-0.39, 0.29) is 12.6 Å². The number of rotatable bonds is 7. The molecule has 0 amide bonds. The number of hydrogen-bond donors (Lipinski definition) is 1. The minimum Gasteiger partial charge on any atom is -0.490 e. The molecule has 0 spiro atoms. The van der Waals surface area contributed by atoms with Crippen molar-refractivity contribution in [3.05, 3.63) is 65.7 Å². The number of thiocarbonyl (C=S) groups is 1. The largest absolute Gasteiger partial charge is 0.490 e. The molecule has 0 unspecified atom stereocenters. The van der Waals surface area contributed by atoms with Gasteiger partial charge in [-0.3, -0.25) is 0 Å². The van der Waals surface area contributed by atoms with E-state index in [1.807, 2.05) is 42.5 Å². The van der Waals surface area contributed by atoms with Crippen LogP contribution in [0.3, 0.4) is 0 Å². The van der Waals surface area contributed by atoms with E-state index >= 15 is 0 Å². The number of carbonyl (C=O) groups excluding carboxylic acids is 1. The molecule has 2 rings (SSSR count). The Morgan fingerprint density at radius 1 is 1.00 bits per heavy atom. The molecule has 0 atom stereocenters. The average molecular weight is 315 g/mol. The Bertz CT molecular complexity index is 626. The summed E-state index contributed by atoms with van der Waals surface area (Å²) in [5.74, 6) is 0.374. The summed E-state index contributed by atoms with van der Waals surface area (Å²) in [6, 6.07) is 16.4. The predicted molar refractivity (Wildman–Crippen MR) is 89.2 cm³/mol. The fourth-order valence-electron chi connectivity index (χ4n) is 1.85. The van der Waals surface area contributed by atoms with Gasteiger partial charge in [0.05, 0.1) is 10.6 Å². The highest BCUT2D eigenvalue weighted by Crippen LogP contribution is 2.09. The predicted octanol–water partition coefficient (Wildman–Crippen LogP) is 2.75. The molecule has 0 saturated carbocycles. The van der Waals surface area contributed by atoms with Gasteiger partial charge in [-0.25, -0.2) is 4.79 Å². The van der Waals surface area contributed by atoms with Crippen molar-refractivity contribution in [3.8, 4) is 5.75 Å². The minimum atomic E-state index is -0.376. The topological polar surface area (TPSA) is 61.6 Å². The lowest BCUT2D eigenvalue weighted by molar-refractivity contribution is 0.0450. The van der Waals surface area contributed by atoms with E-state index in [1.165, 1.54) is 0 Å². The van der Waals surface area contributed by atoms with Crippen LogP contribution in [0.15, 0.2) is 54.6 Å². The average Bonchev–Trinajstić information content (AvgIpc) is 2.52. The van der Waals surface area contributed by atoms with Crippen molar-refractivity contribution >= 4 is 23.2 Å². The van der Waals surface area contributed by atoms with Crippen molar-refractivity contribution in [1.29, 1.82) is 0 Å². The lowest BCUT2D eigenvalue weighted by Gasteiger charge is -2.07. The van der Waals surface area contributed by atoms with Crippen molar-refractivity contribution in [2.75, 3.05) is 13.2 Å². The third kappa shape index (κ3) is 5.18. The van der Waals surface area contributed by atoms with E-state index < -0.39 is 0 Å². The number of carbonyl (C=O) groups is 1. The number of benzene rings is 2. The molecular weight excluding hydrogens is 298 g/mol. The van der Waals surface area contributed by atoms with Gasteiger partial charge in [0.2, 0.25) is 0 Å². The Balaban J connectivity index is 1.76. The molecule has 0 aliphatic heterocycles. The third-order valence-electron chi connectivity index (χ3n) is 2.90. The Morgan fingerprint density at radius 2 is 1.68 bits per heavy atom. The summed E-state index contributed by atoms with van der Waals surface area (Å²) in [5.41, 5.74) is 6.94. The molecular formula is C17H17NO3S. The molecule has 22 heavy (non-hydrogen) atoms. The first kappa shape index (κ1) is 16.0. The van der Waals surface area contributed by atoms with Crippen LogP contribution in [-0.4, -0.2) is 24.2 Å². The second-order valence-corrected chi connectivity index (χ2v) is 5.16. The van der Waals surface area contributed by atoms with Crippen molar-refractivity contribution in [1.82, 2.24) is 0 Å². The van der Waals surface area contributed by atoms with Gasteiger partial charge in [-0.15, -0.1) is 0 Å². The van der Waals surface area contributed by atoms with Crippen LogP contribution in [0.2, 0.25) is 0 Å². The summed E-state index contributed by atoms with van der Waals surface area (Å²) in [6.07, 6.45) is 0.523. The molecule has 0 radical (unpaired) electrons. The Hall–Kier alpha value is -2.40. The lowest BCUT2D eigenvalue weighted by atomic mass is 10.1. The van der Waals surface area contributed by atoms with Crippen molar-refractivity contribution in [2.24, 2.45) is 5.73 Å². The zero-order valence-corrected chi connectivity index (χ0v) is 12.8. The van der Waals surface area contributed by atoms with Gasteiger partial charge in [0.15, 0.2) is 0 Å². The maximum absolute atomic E-state index is 11.9. The second kappa shape index (κ2) is 8.14. The minimum absolute atomic E-state index is 0.197. The summed E-state index contributed by atoms with van der Waals surface area (Å²) < 4.78 is 10.6. The highest BCUT2D eigenvalue weighted by atomic mass is 32.1. The van der Waals surface area contributed by atoms with E-state index in [1.54, 1.807) is 12.1 Å². The summed E-state index contributed by atoms with van der Waals surface area (Å²) in [6.45, 7) is 0.512. The van der Waals surface area contributed by atoms with Gasteiger partial charge >= 0.3 is 5.97 Å². The zero-order chi connectivity index (χ0) is 15.8. The summed E-state index contributed by atoms with van der Waals surface area (Å²) >= 11 is 4.85. The van der Waals surface area contributed by atoms with Crippen LogP contribution in [0.1, 0.15) is 15.9 Å². The van der Waals surface area contributed by atoms with Crippen LogP contribution in [0.5, 0.6) is 5.75 Å². The number of ether oxygens (including phenoxy) is 2. The second-order valence-electron chi connectivity index (χ2n) is 4.64. The highest BCUT2D eigenvalue weighted by molar-refractivity contribution is 7.80. The fraction of sp³-hybridized carbons (Fsp3) is 0.176. The van der Waals surface area contributed by atoms with Crippen LogP contribution in [0.25, 0.3) is 0 Å². The van der Waals surface area contributed by atoms with Crippen LogP contribution < -0.4 is 10.5 Å². The van der Waals surface area contributed by atoms with Gasteiger partial charge in [0.1, 0.15) is 19.0 Å².